The van der Waals surface area contributed by atoms with Gasteiger partial charge in [0.2, 0.25) is 0 Å². The van der Waals surface area contributed by atoms with Crippen LogP contribution in [0.1, 0.15) is 24.2 Å². The van der Waals surface area contributed by atoms with Gasteiger partial charge in [-0.1, -0.05) is 13.8 Å². The highest BCUT2D eigenvalue weighted by molar-refractivity contribution is 6.00. The molecule has 7 nitrogen and oxygen atoms in total. The van der Waals surface area contributed by atoms with E-state index >= 15 is 0 Å². The van der Waals surface area contributed by atoms with E-state index in [1.165, 1.54) is 16.9 Å². The summed E-state index contributed by atoms with van der Waals surface area (Å²) < 4.78 is 34.1. The van der Waals surface area contributed by atoms with Gasteiger partial charge in [0.05, 0.1) is 12.2 Å². The third-order valence-corrected chi connectivity index (χ3v) is 4.61. The maximum atomic E-state index is 14.2. The van der Waals surface area contributed by atoms with Crippen LogP contribution in [0.4, 0.5) is 13.6 Å². The molecule has 0 unspecified atom stereocenters. The molecule has 0 atom stereocenters. The smallest absolute Gasteiger partial charge is 0.409 e. The van der Waals surface area contributed by atoms with E-state index in [0.29, 0.717) is 32.8 Å². The van der Waals surface area contributed by atoms with Crippen LogP contribution in [-0.4, -0.2) is 64.4 Å². The lowest BCUT2D eigenvalue weighted by Crippen LogP contribution is -2.50. The van der Waals surface area contributed by atoms with Gasteiger partial charge in [0.25, 0.3) is 5.91 Å². The van der Waals surface area contributed by atoms with E-state index in [2.05, 4.69) is 5.10 Å². The minimum atomic E-state index is -0.782. The maximum absolute atomic E-state index is 14.2. The molecule has 1 fully saturated rings. The van der Waals surface area contributed by atoms with E-state index in [4.69, 9.17) is 4.74 Å². The monoisotopic (exact) mass is 406 g/mol. The van der Waals surface area contributed by atoms with Crippen molar-refractivity contribution in [1.82, 2.24) is 19.6 Å². The Bertz CT molecular complexity index is 905. The molecule has 1 aliphatic heterocycles. The summed E-state index contributed by atoms with van der Waals surface area (Å²) in [6.45, 7) is 5.62. The second-order valence-electron chi connectivity index (χ2n) is 7.44. The summed E-state index contributed by atoms with van der Waals surface area (Å²) in [6.07, 6.45) is 1.13. The second kappa shape index (κ2) is 8.59. The summed E-state index contributed by atoms with van der Waals surface area (Å²) in [5, 5.41) is 4.19. The Balaban J connectivity index is 1.72. The topological polar surface area (TPSA) is 67.7 Å². The summed E-state index contributed by atoms with van der Waals surface area (Å²) in [5.41, 5.74) is 0.453. The second-order valence-corrected chi connectivity index (χ2v) is 7.44. The molecular weight excluding hydrogens is 382 g/mol. The molecule has 2 amide bonds. The van der Waals surface area contributed by atoms with Crippen molar-refractivity contribution in [2.75, 3.05) is 32.8 Å². The number of hydrogen-bond donors (Lipinski definition) is 0. The molecule has 0 spiro atoms. The van der Waals surface area contributed by atoms with Crippen LogP contribution < -0.4 is 0 Å². The van der Waals surface area contributed by atoms with E-state index in [0.717, 1.165) is 12.1 Å². The molecule has 1 saturated heterocycles. The maximum Gasteiger partial charge on any atom is 0.409 e. The fourth-order valence-electron chi connectivity index (χ4n) is 3.12. The highest BCUT2D eigenvalue weighted by Gasteiger charge is 2.29. The lowest BCUT2D eigenvalue weighted by Gasteiger charge is -2.34. The first kappa shape index (κ1) is 20.8. The molecule has 2 aromatic rings. The summed E-state index contributed by atoms with van der Waals surface area (Å²) in [6, 6.07) is 3.16. The van der Waals surface area contributed by atoms with Crippen LogP contribution >= 0.6 is 0 Å². The summed E-state index contributed by atoms with van der Waals surface area (Å²) in [4.78, 5) is 28.2. The van der Waals surface area contributed by atoms with Gasteiger partial charge in [-0.15, -0.1) is 0 Å². The summed E-state index contributed by atoms with van der Waals surface area (Å²) in [7, 11) is 1.63. The minimum Gasteiger partial charge on any atom is -0.449 e. The van der Waals surface area contributed by atoms with Gasteiger partial charge in [0.1, 0.15) is 17.3 Å². The van der Waals surface area contributed by atoms with Gasteiger partial charge in [0, 0.05) is 51.1 Å². The van der Waals surface area contributed by atoms with Crippen molar-refractivity contribution in [1.29, 1.82) is 0 Å². The number of rotatable bonds is 4. The molecule has 0 radical (unpaired) electrons. The quantitative estimate of drug-likeness (QED) is 0.783. The number of piperazine rings is 1. The fraction of sp³-hybridized carbons (Fsp3) is 0.450. The number of aromatic nitrogens is 2. The average Bonchev–Trinajstić information content (AvgIpc) is 3.07. The van der Waals surface area contributed by atoms with Gasteiger partial charge in [-0.05, 0) is 18.1 Å². The van der Waals surface area contributed by atoms with Crippen molar-refractivity contribution in [3.63, 3.8) is 0 Å². The molecule has 2 heterocycles. The number of aryl methyl sites for hydroxylation is 1. The number of amides is 2. The van der Waals surface area contributed by atoms with Gasteiger partial charge in [0.15, 0.2) is 0 Å². The van der Waals surface area contributed by atoms with Crippen LogP contribution in [0.25, 0.3) is 11.3 Å². The van der Waals surface area contributed by atoms with Gasteiger partial charge in [-0.2, -0.15) is 5.10 Å². The lowest BCUT2D eigenvalue weighted by molar-refractivity contribution is 0.0536. The third kappa shape index (κ3) is 4.72. The van der Waals surface area contributed by atoms with Crippen LogP contribution in [-0.2, 0) is 11.8 Å². The van der Waals surface area contributed by atoms with E-state index < -0.39 is 11.6 Å². The summed E-state index contributed by atoms with van der Waals surface area (Å²) in [5.74, 6) is -1.55. The van der Waals surface area contributed by atoms with E-state index in [-0.39, 0.29) is 34.7 Å². The van der Waals surface area contributed by atoms with Crippen molar-refractivity contribution in [3.8, 4) is 11.3 Å². The van der Waals surface area contributed by atoms with Crippen LogP contribution in [0.3, 0.4) is 0 Å². The van der Waals surface area contributed by atoms with Crippen LogP contribution in [0.2, 0.25) is 0 Å². The molecule has 1 aromatic carbocycles. The van der Waals surface area contributed by atoms with Crippen LogP contribution in [0.15, 0.2) is 24.4 Å². The van der Waals surface area contributed by atoms with Crippen LogP contribution in [0, 0.1) is 17.6 Å². The van der Waals surface area contributed by atoms with Crippen molar-refractivity contribution < 1.29 is 23.1 Å². The fourth-order valence-corrected chi connectivity index (χ4v) is 3.12. The van der Waals surface area contributed by atoms with Crippen molar-refractivity contribution in [3.05, 3.63) is 41.6 Å². The molecule has 156 valence electrons. The zero-order valence-corrected chi connectivity index (χ0v) is 16.7. The molecule has 0 saturated carbocycles. The first-order valence-corrected chi connectivity index (χ1v) is 9.46. The Hall–Kier alpha value is -2.97. The van der Waals surface area contributed by atoms with Crippen LogP contribution in [0.5, 0.6) is 0 Å². The standard InChI is InChI=1S/C20H24F2N4O3/c1-13(2)12-29-20(28)26-8-6-25(7-9-26)19(27)16-11-24(3)23-18(16)15-5-4-14(21)10-17(15)22/h4-5,10-11,13H,6-9,12H2,1-3H3. The molecule has 0 N–H and O–H groups in total. The third-order valence-electron chi connectivity index (χ3n) is 4.61. The van der Waals surface area contributed by atoms with E-state index in [1.807, 2.05) is 13.8 Å². The Morgan fingerprint density at radius 1 is 1.14 bits per heavy atom. The molecule has 9 heteroatoms. The molecule has 3 rings (SSSR count). The zero-order valence-electron chi connectivity index (χ0n) is 16.7. The van der Waals surface area contributed by atoms with E-state index in [1.54, 1.807) is 16.8 Å². The average molecular weight is 406 g/mol. The van der Waals surface area contributed by atoms with Crippen molar-refractivity contribution >= 4 is 12.0 Å². The number of carbonyl (C=O) groups is 2. The Morgan fingerprint density at radius 3 is 2.41 bits per heavy atom. The molecule has 0 aliphatic carbocycles. The van der Waals surface area contributed by atoms with Gasteiger partial charge < -0.3 is 14.5 Å². The first-order valence-electron chi connectivity index (χ1n) is 9.46. The summed E-state index contributed by atoms with van der Waals surface area (Å²) >= 11 is 0. The van der Waals surface area contributed by atoms with Gasteiger partial charge in [-0.3, -0.25) is 9.48 Å². The number of carbonyl (C=O) groups excluding carboxylic acids is 2. The SMILES string of the molecule is CC(C)COC(=O)N1CCN(C(=O)c2cn(C)nc2-c2ccc(F)cc2F)CC1. The molecule has 29 heavy (non-hydrogen) atoms. The molecule has 1 aromatic heterocycles. The molecular formula is C20H24F2N4O3. The molecule has 0 bridgehead atoms. The number of ether oxygens (including phenoxy) is 1. The molecule has 1 aliphatic rings. The highest BCUT2D eigenvalue weighted by atomic mass is 19.1. The number of benzene rings is 1. The Labute approximate surface area is 167 Å². The predicted octanol–water partition coefficient (Wildman–Crippen LogP) is 2.92. The predicted molar refractivity (Wildman–Crippen MR) is 102 cm³/mol. The highest BCUT2D eigenvalue weighted by Crippen LogP contribution is 2.26. The Morgan fingerprint density at radius 2 is 1.79 bits per heavy atom. The zero-order chi connectivity index (χ0) is 21.1. The number of halogens is 2. The van der Waals surface area contributed by atoms with Gasteiger partial charge in [-0.25, -0.2) is 13.6 Å². The minimum absolute atomic E-state index is 0.0613. The van der Waals surface area contributed by atoms with Crippen molar-refractivity contribution in [2.24, 2.45) is 13.0 Å². The normalized spacial score (nSPS) is 14.4. The van der Waals surface area contributed by atoms with E-state index in [9.17, 15) is 18.4 Å². The first-order chi connectivity index (χ1) is 13.8. The Kier molecular flexibility index (Phi) is 6.14. The van der Waals surface area contributed by atoms with Crippen molar-refractivity contribution in [2.45, 2.75) is 13.8 Å². The number of hydrogen-bond acceptors (Lipinski definition) is 4. The lowest BCUT2D eigenvalue weighted by atomic mass is 10.1. The largest absolute Gasteiger partial charge is 0.449 e. The number of nitrogens with zero attached hydrogens (tertiary/aromatic N) is 4. The van der Waals surface area contributed by atoms with Gasteiger partial charge >= 0.3 is 6.09 Å².